The summed E-state index contributed by atoms with van der Waals surface area (Å²) in [6.07, 6.45) is 2.12. The van der Waals surface area contributed by atoms with Gasteiger partial charge in [0, 0.05) is 12.6 Å². The zero-order valence-electron chi connectivity index (χ0n) is 9.53. The molecule has 1 aromatic rings. The fourth-order valence-electron chi connectivity index (χ4n) is 1.02. The topological polar surface area (TPSA) is 90.4 Å². The highest BCUT2D eigenvalue weighted by molar-refractivity contribution is 5.87. The Morgan fingerprint density at radius 3 is 3.06 bits per heavy atom. The van der Waals surface area contributed by atoms with E-state index < -0.39 is 5.97 Å². The van der Waals surface area contributed by atoms with Crippen LogP contribution in [0.5, 0.6) is 0 Å². The lowest BCUT2D eigenvalue weighted by atomic mass is 10.2. The molecular formula is C10H17N3O3. The molecule has 0 aliphatic carbocycles. The Hall–Kier alpha value is -1.56. The number of hydrogen-bond acceptors (Lipinski definition) is 6. The Balaban J connectivity index is 2.48. The van der Waals surface area contributed by atoms with Gasteiger partial charge in [0.15, 0.2) is 5.69 Å². The molecule has 6 heteroatoms. The first-order valence-corrected chi connectivity index (χ1v) is 5.29. The van der Waals surface area contributed by atoms with E-state index in [9.17, 15) is 4.79 Å². The van der Waals surface area contributed by atoms with Gasteiger partial charge in [-0.2, -0.15) is 4.98 Å². The van der Waals surface area contributed by atoms with Gasteiger partial charge in [-0.3, -0.25) is 0 Å². The quantitative estimate of drug-likeness (QED) is 0.704. The van der Waals surface area contributed by atoms with Gasteiger partial charge in [0.25, 0.3) is 6.01 Å². The standard InChI is InChI=1S/C10H17N3O3/c1-3-7(11)5-12-10-13-8(6-16-10)9(14)15-4-2/h6-7H,3-5,11H2,1-2H3,(H,12,13). The van der Waals surface area contributed by atoms with E-state index in [-0.39, 0.29) is 17.8 Å². The number of hydrogen-bond donors (Lipinski definition) is 2. The number of ether oxygens (including phenoxy) is 1. The fourth-order valence-corrected chi connectivity index (χ4v) is 1.02. The van der Waals surface area contributed by atoms with Gasteiger partial charge in [-0.1, -0.05) is 6.92 Å². The number of oxazole rings is 1. The third-order valence-corrected chi connectivity index (χ3v) is 2.03. The first kappa shape index (κ1) is 12.5. The van der Waals surface area contributed by atoms with Crippen molar-refractivity contribution in [2.24, 2.45) is 5.73 Å². The van der Waals surface area contributed by atoms with Gasteiger partial charge in [0.2, 0.25) is 0 Å². The molecule has 0 aliphatic rings. The molecule has 0 aliphatic heterocycles. The predicted octanol–water partition coefficient (Wildman–Crippen LogP) is 1.00. The van der Waals surface area contributed by atoms with Crippen LogP contribution in [0.25, 0.3) is 0 Å². The Bertz CT molecular complexity index is 338. The number of carbonyl (C=O) groups excluding carboxylic acids is 1. The van der Waals surface area contributed by atoms with Crippen LogP contribution in [-0.4, -0.2) is 30.1 Å². The summed E-state index contributed by atoms with van der Waals surface area (Å²) in [5.41, 5.74) is 5.87. The van der Waals surface area contributed by atoms with Crippen LogP contribution in [0, 0.1) is 0 Å². The Labute approximate surface area is 94.2 Å². The third kappa shape index (κ3) is 3.54. The first-order valence-electron chi connectivity index (χ1n) is 5.29. The Morgan fingerprint density at radius 1 is 1.69 bits per heavy atom. The first-order chi connectivity index (χ1) is 7.67. The summed E-state index contributed by atoms with van der Waals surface area (Å²) in [5.74, 6) is -0.487. The van der Waals surface area contributed by atoms with E-state index in [0.29, 0.717) is 13.2 Å². The van der Waals surface area contributed by atoms with Crippen molar-refractivity contribution in [2.45, 2.75) is 26.3 Å². The molecule has 0 radical (unpaired) electrons. The molecule has 3 N–H and O–H groups in total. The van der Waals surface area contributed by atoms with Crippen molar-refractivity contribution in [3.63, 3.8) is 0 Å². The number of rotatable bonds is 6. The molecule has 1 heterocycles. The second kappa shape index (κ2) is 6.12. The lowest BCUT2D eigenvalue weighted by molar-refractivity contribution is 0.0519. The highest BCUT2D eigenvalue weighted by atomic mass is 16.5. The number of nitrogens with zero attached hydrogens (tertiary/aromatic N) is 1. The molecule has 16 heavy (non-hydrogen) atoms. The monoisotopic (exact) mass is 227 g/mol. The number of aromatic nitrogens is 1. The van der Waals surface area contributed by atoms with E-state index in [2.05, 4.69) is 10.3 Å². The maximum Gasteiger partial charge on any atom is 0.360 e. The highest BCUT2D eigenvalue weighted by Gasteiger charge is 2.13. The van der Waals surface area contributed by atoms with Crippen molar-refractivity contribution in [1.29, 1.82) is 0 Å². The smallest absolute Gasteiger partial charge is 0.360 e. The van der Waals surface area contributed by atoms with Crippen LogP contribution >= 0.6 is 0 Å². The van der Waals surface area contributed by atoms with Gasteiger partial charge in [-0.15, -0.1) is 0 Å². The van der Waals surface area contributed by atoms with E-state index in [1.54, 1.807) is 6.92 Å². The minimum Gasteiger partial charge on any atom is -0.461 e. The SMILES string of the molecule is CCOC(=O)c1coc(NCC(N)CC)n1. The van der Waals surface area contributed by atoms with Gasteiger partial charge in [-0.05, 0) is 13.3 Å². The average molecular weight is 227 g/mol. The van der Waals surface area contributed by atoms with Gasteiger partial charge in [0.1, 0.15) is 6.26 Å². The second-order valence-electron chi connectivity index (χ2n) is 3.31. The summed E-state index contributed by atoms with van der Waals surface area (Å²) < 4.78 is 9.82. The Kier molecular flexibility index (Phi) is 4.78. The van der Waals surface area contributed by atoms with Crippen molar-refractivity contribution < 1.29 is 13.9 Å². The van der Waals surface area contributed by atoms with Crippen LogP contribution in [0.2, 0.25) is 0 Å². The molecule has 1 unspecified atom stereocenters. The molecule has 0 bridgehead atoms. The summed E-state index contributed by atoms with van der Waals surface area (Å²) >= 11 is 0. The van der Waals surface area contributed by atoms with E-state index in [0.717, 1.165) is 6.42 Å². The Morgan fingerprint density at radius 2 is 2.44 bits per heavy atom. The van der Waals surface area contributed by atoms with E-state index in [4.69, 9.17) is 14.9 Å². The lowest BCUT2D eigenvalue weighted by Crippen LogP contribution is -2.28. The van der Waals surface area contributed by atoms with Crippen molar-refractivity contribution in [1.82, 2.24) is 4.98 Å². The molecule has 90 valence electrons. The number of esters is 1. The normalized spacial score (nSPS) is 12.2. The zero-order chi connectivity index (χ0) is 12.0. The molecule has 0 fully saturated rings. The van der Waals surface area contributed by atoms with Gasteiger partial charge < -0.3 is 20.2 Å². The largest absolute Gasteiger partial charge is 0.461 e. The molecule has 0 saturated carbocycles. The van der Waals surface area contributed by atoms with Crippen LogP contribution in [0.15, 0.2) is 10.7 Å². The van der Waals surface area contributed by atoms with E-state index in [1.165, 1.54) is 6.26 Å². The molecule has 0 amide bonds. The fraction of sp³-hybridized carbons (Fsp3) is 0.600. The minimum absolute atomic E-state index is 0.0398. The van der Waals surface area contributed by atoms with Crippen LogP contribution in [0.1, 0.15) is 30.8 Å². The second-order valence-corrected chi connectivity index (χ2v) is 3.31. The third-order valence-electron chi connectivity index (χ3n) is 2.03. The number of carbonyl (C=O) groups is 1. The average Bonchev–Trinajstić information content (AvgIpc) is 2.75. The maximum absolute atomic E-state index is 11.3. The van der Waals surface area contributed by atoms with Crippen molar-refractivity contribution in [2.75, 3.05) is 18.5 Å². The summed E-state index contributed by atoms with van der Waals surface area (Å²) in [6, 6.07) is 0.324. The van der Waals surface area contributed by atoms with Crippen molar-refractivity contribution in [3.05, 3.63) is 12.0 Å². The van der Waals surface area contributed by atoms with Crippen molar-refractivity contribution >= 4 is 12.0 Å². The van der Waals surface area contributed by atoms with Crippen LogP contribution in [0.3, 0.4) is 0 Å². The molecule has 1 atom stereocenters. The summed E-state index contributed by atoms with van der Waals surface area (Å²) in [5, 5.41) is 2.90. The van der Waals surface area contributed by atoms with Gasteiger partial charge in [0.05, 0.1) is 6.61 Å². The number of nitrogens with two attached hydrogens (primary N) is 1. The van der Waals surface area contributed by atoms with Crippen LogP contribution in [-0.2, 0) is 4.74 Å². The summed E-state index contributed by atoms with van der Waals surface area (Å²) in [7, 11) is 0. The summed E-state index contributed by atoms with van der Waals surface area (Å²) in [6.45, 7) is 4.60. The maximum atomic E-state index is 11.3. The van der Waals surface area contributed by atoms with Crippen molar-refractivity contribution in [3.8, 4) is 0 Å². The predicted molar refractivity (Wildman–Crippen MR) is 59.2 cm³/mol. The van der Waals surface area contributed by atoms with E-state index >= 15 is 0 Å². The molecule has 0 spiro atoms. The van der Waals surface area contributed by atoms with Gasteiger partial charge in [-0.25, -0.2) is 4.79 Å². The molecule has 1 aromatic heterocycles. The highest BCUT2D eigenvalue weighted by Crippen LogP contribution is 2.08. The molecule has 0 saturated heterocycles. The molecule has 1 rings (SSSR count). The van der Waals surface area contributed by atoms with Crippen LogP contribution in [0.4, 0.5) is 6.01 Å². The number of anilines is 1. The zero-order valence-corrected chi connectivity index (χ0v) is 9.53. The number of nitrogens with one attached hydrogen (secondary N) is 1. The molecule has 6 nitrogen and oxygen atoms in total. The lowest BCUT2D eigenvalue weighted by Gasteiger charge is -2.07. The minimum atomic E-state index is -0.487. The van der Waals surface area contributed by atoms with Gasteiger partial charge >= 0.3 is 5.97 Å². The molecular weight excluding hydrogens is 210 g/mol. The van der Waals surface area contributed by atoms with Crippen LogP contribution < -0.4 is 11.1 Å². The molecule has 0 aromatic carbocycles. The summed E-state index contributed by atoms with van der Waals surface area (Å²) in [4.78, 5) is 15.2. The van der Waals surface area contributed by atoms with E-state index in [1.807, 2.05) is 6.92 Å².